The van der Waals surface area contributed by atoms with E-state index in [2.05, 4.69) is 33.4 Å². The van der Waals surface area contributed by atoms with E-state index in [-0.39, 0.29) is 17.9 Å². The molecular weight excluding hydrogens is 416 g/mol. The molecule has 0 spiro atoms. The monoisotopic (exact) mass is 439 g/mol. The van der Waals surface area contributed by atoms with E-state index in [1.807, 2.05) is 12.1 Å². The molecule has 6 heteroatoms. The van der Waals surface area contributed by atoms with Gasteiger partial charge in [-0.2, -0.15) is 0 Å². The Balaban J connectivity index is 1.61. The molecule has 1 aliphatic rings. The molecule has 27 heavy (non-hydrogen) atoms. The Morgan fingerprint density at radius 3 is 2.44 bits per heavy atom. The van der Waals surface area contributed by atoms with Crippen LogP contribution in [0.15, 0.2) is 46.9 Å². The summed E-state index contributed by atoms with van der Waals surface area (Å²) in [7, 11) is 0. The first kappa shape index (κ1) is 20.2. The van der Waals surface area contributed by atoms with E-state index in [0.717, 1.165) is 48.4 Å². The van der Waals surface area contributed by atoms with Gasteiger partial charge in [-0.3, -0.25) is 0 Å². The van der Waals surface area contributed by atoms with Gasteiger partial charge < -0.3 is 15.2 Å². The Kier molecular flexibility index (Phi) is 6.84. The maximum absolute atomic E-state index is 13.2. The largest absolute Gasteiger partial charge is 0.491 e. The summed E-state index contributed by atoms with van der Waals surface area (Å²) in [5, 5.41) is 13.8. The first-order valence-electron chi connectivity index (χ1n) is 9.25. The van der Waals surface area contributed by atoms with Crippen molar-refractivity contribution >= 4 is 15.9 Å². The van der Waals surface area contributed by atoms with Crippen molar-refractivity contribution < 1.29 is 18.6 Å². The standard InChI is InChI=1S/C21H24BrF2NO2/c22-16-6-4-5-15(9-16)21(7-2-1-3-8-21)25-13-19(26)14-27-20-11-17(23)10-18(24)12-20/h4-6,9-12,19,25-26H,1-3,7-8,13-14H2. The van der Waals surface area contributed by atoms with Gasteiger partial charge in [0.1, 0.15) is 30.1 Å². The van der Waals surface area contributed by atoms with Crippen LogP contribution in [0.25, 0.3) is 0 Å². The fourth-order valence-electron chi connectivity index (χ4n) is 3.69. The maximum atomic E-state index is 13.2. The number of aliphatic hydroxyl groups excluding tert-OH is 1. The number of halogens is 3. The van der Waals surface area contributed by atoms with Crippen LogP contribution >= 0.6 is 15.9 Å². The fourth-order valence-corrected chi connectivity index (χ4v) is 4.08. The minimum Gasteiger partial charge on any atom is -0.491 e. The van der Waals surface area contributed by atoms with Crippen molar-refractivity contribution in [3.63, 3.8) is 0 Å². The van der Waals surface area contributed by atoms with E-state index in [1.54, 1.807) is 0 Å². The molecule has 0 saturated heterocycles. The zero-order valence-electron chi connectivity index (χ0n) is 15.1. The lowest BCUT2D eigenvalue weighted by Crippen LogP contribution is -2.48. The molecule has 1 unspecified atom stereocenters. The van der Waals surface area contributed by atoms with E-state index >= 15 is 0 Å². The van der Waals surface area contributed by atoms with Crippen LogP contribution in [0, 0.1) is 11.6 Å². The van der Waals surface area contributed by atoms with Crippen molar-refractivity contribution in [1.82, 2.24) is 5.32 Å². The molecule has 0 radical (unpaired) electrons. The van der Waals surface area contributed by atoms with Gasteiger partial charge in [-0.05, 0) is 30.5 Å². The summed E-state index contributed by atoms with van der Waals surface area (Å²) >= 11 is 3.54. The summed E-state index contributed by atoms with van der Waals surface area (Å²) in [6.07, 6.45) is 4.71. The van der Waals surface area contributed by atoms with Gasteiger partial charge in [0.15, 0.2) is 0 Å². The summed E-state index contributed by atoms with van der Waals surface area (Å²) in [6, 6.07) is 11.3. The second kappa shape index (κ2) is 9.13. The van der Waals surface area contributed by atoms with Crippen molar-refractivity contribution in [1.29, 1.82) is 0 Å². The zero-order chi connectivity index (χ0) is 19.3. The van der Waals surface area contributed by atoms with Crippen molar-refractivity contribution in [2.45, 2.75) is 43.7 Å². The van der Waals surface area contributed by atoms with Crippen LogP contribution in [0.4, 0.5) is 8.78 Å². The molecule has 146 valence electrons. The Labute approximate surface area is 166 Å². The number of rotatable bonds is 7. The summed E-state index contributed by atoms with van der Waals surface area (Å²) < 4.78 is 32.8. The molecule has 3 nitrogen and oxygen atoms in total. The Bertz CT molecular complexity index is 745. The second-order valence-electron chi connectivity index (χ2n) is 7.10. The van der Waals surface area contributed by atoms with Crippen LogP contribution in [0.2, 0.25) is 0 Å². The molecule has 0 bridgehead atoms. The Morgan fingerprint density at radius 2 is 1.78 bits per heavy atom. The number of aliphatic hydroxyl groups is 1. The van der Waals surface area contributed by atoms with Gasteiger partial charge in [-0.15, -0.1) is 0 Å². The highest BCUT2D eigenvalue weighted by molar-refractivity contribution is 9.10. The molecular formula is C21H24BrF2NO2. The third-order valence-electron chi connectivity index (χ3n) is 5.04. The van der Waals surface area contributed by atoms with Crippen LogP contribution in [0.3, 0.4) is 0 Å². The number of nitrogens with one attached hydrogen (secondary N) is 1. The number of hydrogen-bond donors (Lipinski definition) is 2. The highest BCUT2D eigenvalue weighted by Gasteiger charge is 2.34. The van der Waals surface area contributed by atoms with Crippen LogP contribution in [-0.2, 0) is 5.54 Å². The zero-order valence-corrected chi connectivity index (χ0v) is 16.6. The maximum Gasteiger partial charge on any atom is 0.129 e. The third-order valence-corrected chi connectivity index (χ3v) is 5.53. The molecule has 2 N–H and O–H groups in total. The van der Waals surface area contributed by atoms with E-state index in [0.29, 0.717) is 6.54 Å². The van der Waals surface area contributed by atoms with Gasteiger partial charge in [0.2, 0.25) is 0 Å². The van der Waals surface area contributed by atoms with Gasteiger partial charge in [-0.1, -0.05) is 47.3 Å². The smallest absolute Gasteiger partial charge is 0.129 e. The second-order valence-corrected chi connectivity index (χ2v) is 8.02. The van der Waals surface area contributed by atoms with Gasteiger partial charge in [0.25, 0.3) is 0 Å². The molecule has 2 aromatic rings. The normalized spacial score (nSPS) is 17.5. The third kappa shape index (κ3) is 5.50. The average Bonchev–Trinajstić information content (AvgIpc) is 2.65. The van der Waals surface area contributed by atoms with E-state index in [9.17, 15) is 13.9 Å². The molecule has 0 heterocycles. The number of hydrogen-bond acceptors (Lipinski definition) is 3. The summed E-state index contributed by atoms with van der Waals surface area (Å²) in [4.78, 5) is 0. The lowest BCUT2D eigenvalue weighted by atomic mass is 9.76. The first-order valence-corrected chi connectivity index (χ1v) is 10.0. The molecule has 1 atom stereocenters. The summed E-state index contributed by atoms with van der Waals surface area (Å²) in [5.74, 6) is -1.33. The van der Waals surface area contributed by atoms with Crippen LogP contribution in [0.1, 0.15) is 37.7 Å². The molecule has 3 rings (SSSR count). The predicted octanol–water partition coefficient (Wildman–Crippen LogP) is 4.92. The minimum absolute atomic E-state index is 0.0372. The van der Waals surface area contributed by atoms with Gasteiger partial charge in [0, 0.05) is 34.8 Å². The SMILES string of the molecule is OC(CNC1(c2cccc(Br)c2)CCCCC1)COc1cc(F)cc(F)c1. The van der Waals surface area contributed by atoms with E-state index in [1.165, 1.54) is 12.0 Å². The molecule has 1 aliphatic carbocycles. The molecule has 1 saturated carbocycles. The van der Waals surface area contributed by atoms with Crippen molar-refractivity contribution in [2.75, 3.05) is 13.2 Å². The lowest BCUT2D eigenvalue weighted by molar-refractivity contribution is 0.0897. The van der Waals surface area contributed by atoms with Crippen LogP contribution < -0.4 is 10.1 Å². The van der Waals surface area contributed by atoms with Gasteiger partial charge in [0.05, 0.1) is 0 Å². The highest BCUT2D eigenvalue weighted by Crippen LogP contribution is 2.38. The summed E-state index contributed by atoms with van der Waals surface area (Å²) in [5.41, 5.74) is 1.03. The minimum atomic E-state index is -0.790. The molecule has 0 amide bonds. The van der Waals surface area contributed by atoms with Gasteiger partial charge in [-0.25, -0.2) is 8.78 Å². The quantitative estimate of drug-likeness (QED) is 0.643. The molecule has 0 aliphatic heterocycles. The van der Waals surface area contributed by atoms with Crippen molar-refractivity contribution in [3.05, 3.63) is 64.1 Å². The topological polar surface area (TPSA) is 41.5 Å². The highest BCUT2D eigenvalue weighted by atomic mass is 79.9. The first-order chi connectivity index (χ1) is 13.0. The van der Waals surface area contributed by atoms with Crippen molar-refractivity contribution in [3.8, 4) is 5.75 Å². The van der Waals surface area contributed by atoms with Gasteiger partial charge >= 0.3 is 0 Å². The lowest BCUT2D eigenvalue weighted by Gasteiger charge is -2.39. The predicted molar refractivity (Wildman–Crippen MR) is 105 cm³/mol. The van der Waals surface area contributed by atoms with E-state index in [4.69, 9.17) is 4.74 Å². The number of benzene rings is 2. The fraction of sp³-hybridized carbons (Fsp3) is 0.429. The van der Waals surface area contributed by atoms with E-state index < -0.39 is 17.7 Å². The molecule has 1 fully saturated rings. The Hall–Kier alpha value is -1.50. The summed E-state index contributed by atoms with van der Waals surface area (Å²) in [6.45, 7) is 0.300. The Morgan fingerprint density at radius 1 is 1.07 bits per heavy atom. The van der Waals surface area contributed by atoms with Crippen LogP contribution in [0.5, 0.6) is 5.75 Å². The molecule has 0 aromatic heterocycles. The van der Waals surface area contributed by atoms with Crippen LogP contribution in [-0.4, -0.2) is 24.4 Å². The van der Waals surface area contributed by atoms with Crippen molar-refractivity contribution in [2.24, 2.45) is 0 Å². The average molecular weight is 440 g/mol. The number of ether oxygens (including phenoxy) is 1. The molecule has 2 aromatic carbocycles.